The summed E-state index contributed by atoms with van der Waals surface area (Å²) in [5.74, 6) is 0.100. The van der Waals surface area contributed by atoms with E-state index >= 15 is 0 Å². The summed E-state index contributed by atoms with van der Waals surface area (Å²) in [6.45, 7) is 1.00. The molecule has 19 heavy (non-hydrogen) atoms. The molecule has 0 saturated carbocycles. The molecule has 3 N–H and O–H groups in total. The summed E-state index contributed by atoms with van der Waals surface area (Å²) in [7, 11) is 1.61. The Morgan fingerprint density at radius 1 is 1.37 bits per heavy atom. The summed E-state index contributed by atoms with van der Waals surface area (Å²) < 4.78 is 10.1. The zero-order valence-corrected chi connectivity index (χ0v) is 12.1. The quantitative estimate of drug-likeness (QED) is 0.598. The zero-order chi connectivity index (χ0) is 14.3. The lowest BCUT2D eigenvalue weighted by Gasteiger charge is -2.10. The highest BCUT2D eigenvalue weighted by Crippen LogP contribution is 2.32. The maximum Gasteiger partial charge on any atom is 0.257 e. The second-order valence-corrected chi connectivity index (χ2v) is 4.60. The van der Waals surface area contributed by atoms with Gasteiger partial charge in [-0.05, 0) is 12.5 Å². The summed E-state index contributed by atoms with van der Waals surface area (Å²) in [6.07, 6.45) is 0.747. The van der Waals surface area contributed by atoms with E-state index in [9.17, 15) is 4.79 Å². The molecule has 7 heteroatoms. The lowest BCUT2D eigenvalue weighted by Crippen LogP contribution is -2.30. The van der Waals surface area contributed by atoms with Crippen LogP contribution in [0.1, 0.15) is 6.42 Å². The Morgan fingerprint density at radius 2 is 2.05 bits per heavy atom. The zero-order valence-electron chi connectivity index (χ0n) is 10.5. The largest absolute Gasteiger partial charge is 0.482 e. The van der Waals surface area contributed by atoms with Crippen LogP contribution in [0.5, 0.6) is 5.75 Å². The molecular formula is C12H16Cl2N2O3. The minimum atomic E-state index is -0.235. The molecule has 0 spiro atoms. The van der Waals surface area contributed by atoms with Crippen LogP contribution in [0.15, 0.2) is 12.1 Å². The molecule has 0 unspecified atom stereocenters. The Balaban J connectivity index is 2.40. The topological polar surface area (TPSA) is 73.6 Å². The van der Waals surface area contributed by atoms with E-state index in [2.05, 4.69) is 5.32 Å². The first-order valence-corrected chi connectivity index (χ1v) is 6.43. The van der Waals surface area contributed by atoms with E-state index in [1.807, 2.05) is 0 Å². The third-order valence-electron chi connectivity index (χ3n) is 2.26. The Labute approximate surface area is 122 Å². The fourth-order valence-corrected chi connectivity index (χ4v) is 1.63. The van der Waals surface area contributed by atoms with Crippen LogP contribution < -0.4 is 15.8 Å². The number of nitrogen functional groups attached to an aromatic ring is 1. The van der Waals surface area contributed by atoms with Gasteiger partial charge in [0.1, 0.15) is 5.75 Å². The van der Waals surface area contributed by atoms with E-state index < -0.39 is 0 Å². The second kappa shape index (κ2) is 8.09. The molecule has 0 bridgehead atoms. The molecule has 5 nitrogen and oxygen atoms in total. The van der Waals surface area contributed by atoms with E-state index in [1.54, 1.807) is 7.11 Å². The van der Waals surface area contributed by atoms with Gasteiger partial charge < -0.3 is 20.5 Å². The van der Waals surface area contributed by atoms with Gasteiger partial charge >= 0.3 is 0 Å². The second-order valence-electron chi connectivity index (χ2n) is 3.79. The van der Waals surface area contributed by atoms with Crippen LogP contribution in [0.4, 0.5) is 5.69 Å². The van der Waals surface area contributed by atoms with Crippen LogP contribution in [-0.4, -0.2) is 32.8 Å². The van der Waals surface area contributed by atoms with Crippen LogP contribution in [0, 0.1) is 0 Å². The van der Waals surface area contributed by atoms with E-state index in [0.29, 0.717) is 34.6 Å². The Bertz CT molecular complexity index is 441. The van der Waals surface area contributed by atoms with Crippen molar-refractivity contribution in [2.45, 2.75) is 6.42 Å². The van der Waals surface area contributed by atoms with Crippen LogP contribution in [0.2, 0.25) is 10.0 Å². The van der Waals surface area contributed by atoms with Gasteiger partial charge in [0.25, 0.3) is 5.91 Å². The number of carbonyl (C=O) groups is 1. The molecule has 0 heterocycles. The van der Waals surface area contributed by atoms with Crippen LogP contribution in [0.3, 0.4) is 0 Å². The van der Waals surface area contributed by atoms with Gasteiger partial charge in [-0.1, -0.05) is 23.2 Å². The lowest BCUT2D eigenvalue weighted by molar-refractivity contribution is -0.123. The van der Waals surface area contributed by atoms with Gasteiger partial charge in [-0.25, -0.2) is 0 Å². The molecule has 1 rings (SSSR count). The van der Waals surface area contributed by atoms with Crippen LogP contribution >= 0.6 is 23.2 Å². The van der Waals surface area contributed by atoms with Crippen molar-refractivity contribution >= 4 is 34.8 Å². The number of nitrogens with two attached hydrogens (primary N) is 1. The molecule has 0 atom stereocenters. The number of amides is 1. The summed E-state index contributed by atoms with van der Waals surface area (Å²) in [5, 5.41) is 3.36. The lowest BCUT2D eigenvalue weighted by atomic mass is 10.3. The van der Waals surface area contributed by atoms with Crippen molar-refractivity contribution in [1.29, 1.82) is 0 Å². The smallest absolute Gasteiger partial charge is 0.257 e. The van der Waals surface area contributed by atoms with E-state index in [4.69, 9.17) is 38.4 Å². The van der Waals surface area contributed by atoms with E-state index in [-0.39, 0.29) is 12.5 Å². The number of methoxy groups -OCH3 is 1. The molecule has 1 aromatic rings. The minimum Gasteiger partial charge on any atom is -0.482 e. The highest BCUT2D eigenvalue weighted by Gasteiger charge is 2.08. The molecular weight excluding hydrogens is 291 g/mol. The van der Waals surface area contributed by atoms with E-state index in [0.717, 1.165) is 6.42 Å². The molecule has 0 fully saturated rings. The van der Waals surface area contributed by atoms with Gasteiger partial charge in [0.2, 0.25) is 0 Å². The van der Waals surface area contributed by atoms with E-state index in [1.165, 1.54) is 12.1 Å². The van der Waals surface area contributed by atoms with Gasteiger partial charge in [0.05, 0.1) is 15.7 Å². The monoisotopic (exact) mass is 306 g/mol. The number of rotatable bonds is 7. The van der Waals surface area contributed by atoms with Crippen molar-refractivity contribution in [3.05, 3.63) is 22.2 Å². The average molecular weight is 307 g/mol. The Morgan fingerprint density at radius 3 is 2.74 bits per heavy atom. The molecule has 0 aliphatic carbocycles. The predicted octanol–water partition coefficient (Wildman–Crippen LogP) is 2.11. The normalized spacial score (nSPS) is 10.3. The first-order chi connectivity index (χ1) is 9.04. The standard InChI is InChI=1S/C12H16Cl2N2O3/c1-18-4-2-3-16-12(17)7-19-11-6-9(14)8(13)5-10(11)15/h5-6H,2-4,7,15H2,1H3,(H,16,17). The van der Waals surface area contributed by atoms with Crippen molar-refractivity contribution in [3.63, 3.8) is 0 Å². The third kappa shape index (κ3) is 5.55. The number of hydrogen-bond acceptors (Lipinski definition) is 4. The number of nitrogens with one attached hydrogen (secondary N) is 1. The molecule has 1 amide bonds. The van der Waals surface area contributed by atoms with Crippen LogP contribution in [0.25, 0.3) is 0 Å². The SMILES string of the molecule is COCCCNC(=O)COc1cc(Cl)c(Cl)cc1N. The molecule has 0 aliphatic heterocycles. The van der Waals surface area contributed by atoms with Crippen molar-refractivity contribution in [2.75, 3.05) is 32.6 Å². The third-order valence-corrected chi connectivity index (χ3v) is 2.98. The first kappa shape index (κ1) is 15.9. The Kier molecular flexibility index (Phi) is 6.77. The highest BCUT2D eigenvalue weighted by atomic mass is 35.5. The molecule has 0 saturated heterocycles. The van der Waals surface area contributed by atoms with Gasteiger partial charge in [-0.15, -0.1) is 0 Å². The fourth-order valence-electron chi connectivity index (χ4n) is 1.31. The summed E-state index contributed by atoms with van der Waals surface area (Å²) in [5.41, 5.74) is 6.03. The molecule has 0 aromatic heterocycles. The first-order valence-electron chi connectivity index (χ1n) is 5.67. The van der Waals surface area contributed by atoms with Crippen molar-refractivity contribution in [3.8, 4) is 5.75 Å². The van der Waals surface area contributed by atoms with Crippen molar-refractivity contribution in [2.24, 2.45) is 0 Å². The summed E-state index contributed by atoms with van der Waals surface area (Å²) >= 11 is 11.6. The number of hydrogen-bond donors (Lipinski definition) is 2. The van der Waals surface area contributed by atoms with Gasteiger partial charge in [0.15, 0.2) is 6.61 Å². The predicted molar refractivity (Wildman–Crippen MR) is 75.9 cm³/mol. The van der Waals surface area contributed by atoms with Gasteiger partial charge in [-0.2, -0.15) is 0 Å². The van der Waals surface area contributed by atoms with Gasteiger partial charge in [-0.3, -0.25) is 4.79 Å². The van der Waals surface area contributed by atoms with Crippen molar-refractivity contribution < 1.29 is 14.3 Å². The molecule has 0 aliphatic rings. The maximum absolute atomic E-state index is 11.5. The molecule has 106 valence electrons. The van der Waals surface area contributed by atoms with Crippen molar-refractivity contribution in [1.82, 2.24) is 5.32 Å². The summed E-state index contributed by atoms with van der Waals surface area (Å²) in [6, 6.07) is 2.97. The highest BCUT2D eigenvalue weighted by molar-refractivity contribution is 6.42. The Hall–Kier alpha value is -1.17. The number of ether oxygens (including phenoxy) is 2. The van der Waals surface area contributed by atoms with Gasteiger partial charge in [0, 0.05) is 26.3 Å². The number of anilines is 1. The average Bonchev–Trinajstić information content (AvgIpc) is 2.37. The number of benzene rings is 1. The molecule has 1 aromatic carbocycles. The van der Waals surface area contributed by atoms with Crippen LogP contribution in [-0.2, 0) is 9.53 Å². The maximum atomic E-state index is 11.5. The number of carbonyl (C=O) groups excluding carboxylic acids is 1. The minimum absolute atomic E-state index is 0.130. The fraction of sp³-hybridized carbons (Fsp3) is 0.417. The number of halogens is 2. The summed E-state index contributed by atoms with van der Waals surface area (Å²) in [4.78, 5) is 11.5. The molecule has 0 radical (unpaired) electrons.